The molecule has 2 rings (SSSR count). The topological polar surface area (TPSA) is 136 Å². The lowest BCUT2D eigenvalue weighted by Gasteiger charge is -2.21. The average Bonchev–Trinajstić information content (AvgIpc) is 2.77. The SMILES string of the molecule is COc1ccc(C(C)(C)O)cc1S(=O)(=NC(=O)Cc1c(C(C)C)cc(C#N)cc1C(C)C)NC#N. The van der Waals surface area contributed by atoms with E-state index in [0.29, 0.717) is 11.1 Å². The molecule has 186 valence electrons. The lowest BCUT2D eigenvalue weighted by molar-refractivity contribution is -0.117. The molecule has 0 aromatic heterocycles. The Kier molecular flexibility index (Phi) is 8.67. The van der Waals surface area contributed by atoms with E-state index in [4.69, 9.17) is 4.74 Å². The van der Waals surface area contributed by atoms with Crippen molar-refractivity contribution >= 4 is 15.8 Å². The molecule has 1 atom stereocenters. The largest absolute Gasteiger partial charge is 0.495 e. The molecule has 0 fully saturated rings. The van der Waals surface area contributed by atoms with Crippen LogP contribution in [0.1, 0.15) is 81.2 Å². The van der Waals surface area contributed by atoms with Crippen LogP contribution >= 0.6 is 0 Å². The maximum absolute atomic E-state index is 13.9. The molecule has 2 N–H and O–H groups in total. The maximum atomic E-state index is 13.9. The number of methoxy groups -OCH3 is 1. The molecule has 35 heavy (non-hydrogen) atoms. The number of benzene rings is 2. The van der Waals surface area contributed by atoms with Crippen molar-refractivity contribution < 1.29 is 18.8 Å². The quantitative estimate of drug-likeness (QED) is 0.404. The fourth-order valence-electron chi connectivity index (χ4n) is 3.81. The summed E-state index contributed by atoms with van der Waals surface area (Å²) in [6, 6.07) is 10.2. The first kappa shape index (κ1) is 27.8. The Labute approximate surface area is 207 Å². The van der Waals surface area contributed by atoms with Crippen molar-refractivity contribution in [2.75, 3.05) is 7.11 Å². The van der Waals surface area contributed by atoms with Gasteiger partial charge >= 0.3 is 0 Å². The summed E-state index contributed by atoms with van der Waals surface area (Å²) in [5.41, 5.74) is 2.08. The van der Waals surface area contributed by atoms with E-state index in [1.807, 2.05) is 27.7 Å². The summed E-state index contributed by atoms with van der Waals surface area (Å²) < 4.78 is 25.3. The smallest absolute Gasteiger partial charge is 0.259 e. The van der Waals surface area contributed by atoms with Crippen molar-refractivity contribution in [3.63, 3.8) is 0 Å². The second kappa shape index (κ2) is 10.9. The van der Waals surface area contributed by atoms with E-state index in [9.17, 15) is 24.6 Å². The van der Waals surface area contributed by atoms with Gasteiger partial charge in [0, 0.05) is 0 Å². The van der Waals surface area contributed by atoms with Gasteiger partial charge in [-0.05, 0) is 72.2 Å². The number of amides is 1. The zero-order chi connectivity index (χ0) is 26.6. The van der Waals surface area contributed by atoms with Gasteiger partial charge in [0.05, 0.1) is 30.8 Å². The van der Waals surface area contributed by atoms with Gasteiger partial charge in [-0.25, -0.2) is 8.93 Å². The second-order valence-electron chi connectivity index (χ2n) is 9.38. The first-order chi connectivity index (χ1) is 16.3. The summed E-state index contributed by atoms with van der Waals surface area (Å²) in [4.78, 5) is 13.2. The zero-order valence-corrected chi connectivity index (χ0v) is 22.0. The minimum atomic E-state index is -3.77. The van der Waals surface area contributed by atoms with Crippen molar-refractivity contribution in [1.82, 2.24) is 4.72 Å². The van der Waals surface area contributed by atoms with Crippen LogP contribution in [0, 0.1) is 22.8 Å². The summed E-state index contributed by atoms with van der Waals surface area (Å²) in [6.45, 7) is 11.0. The van der Waals surface area contributed by atoms with Crippen LogP contribution in [0.3, 0.4) is 0 Å². The molecule has 0 aliphatic heterocycles. The number of rotatable bonds is 8. The molecule has 0 spiro atoms. The summed E-state index contributed by atoms with van der Waals surface area (Å²) >= 11 is 0. The van der Waals surface area contributed by atoms with Crippen molar-refractivity contribution in [2.45, 2.75) is 70.3 Å². The van der Waals surface area contributed by atoms with Crippen molar-refractivity contribution in [2.24, 2.45) is 4.36 Å². The van der Waals surface area contributed by atoms with E-state index in [1.54, 1.807) is 38.2 Å². The number of aliphatic hydroxyl groups is 1. The van der Waals surface area contributed by atoms with Gasteiger partial charge in [-0.3, -0.25) is 4.79 Å². The number of carbonyl (C=O) groups is 1. The third-order valence-corrected chi connectivity index (χ3v) is 7.35. The number of carbonyl (C=O) groups excluding carboxylic acids is 1. The summed E-state index contributed by atoms with van der Waals surface area (Å²) in [7, 11) is -2.39. The molecule has 8 nitrogen and oxygen atoms in total. The van der Waals surface area contributed by atoms with Crippen LogP contribution in [0.25, 0.3) is 0 Å². The van der Waals surface area contributed by atoms with Gasteiger partial charge in [-0.2, -0.15) is 10.5 Å². The van der Waals surface area contributed by atoms with E-state index >= 15 is 0 Å². The van der Waals surface area contributed by atoms with Gasteiger partial charge in [-0.1, -0.05) is 33.8 Å². The number of nitrogens with one attached hydrogen (secondary N) is 1. The molecule has 0 radical (unpaired) electrons. The standard InChI is InChI=1S/C26H32N4O4S/c1-16(2)20-10-18(14-27)11-21(17(3)4)22(20)13-25(31)30-35(33,29-15-28)24-12-19(26(5,6)32)8-9-23(24)34-7/h8-12,16-17,32H,13H2,1-7H3,(H,29,30,31,33). The fraction of sp³-hybridized carbons (Fsp3) is 0.423. The third-order valence-electron chi connectivity index (χ3n) is 5.60. The van der Waals surface area contributed by atoms with Gasteiger partial charge in [0.15, 0.2) is 16.1 Å². The molecule has 0 aliphatic rings. The highest BCUT2D eigenvalue weighted by molar-refractivity contribution is 7.92. The Morgan fingerprint density at radius 3 is 2.14 bits per heavy atom. The summed E-state index contributed by atoms with van der Waals surface area (Å²) in [5.74, 6) is -0.462. The van der Waals surface area contributed by atoms with E-state index in [1.165, 1.54) is 19.2 Å². The van der Waals surface area contributed by atoms with Crippen LogP contribution in [0.5, 0.6) is 5.75 Å². The number of hydrogen-bond donors (Lipinski definition) is 2. The Bertz CT molecular complexity index is 1290. The van der Waals surface area contributed by atoms with Crippen LogP contribution in [-0.2, 0) is 26.7 Å². The highest BCUT2D eigenvalue weighted by Crippen LogP contribution is 2.32. The maximum Gasteiger partial charge on any atom is 0.259 e. The first-order valence-electron chi connectivity index (χ1n) is 11.2. The van der Waals surface area contributed by atoms with E-state index in [2.05, 4.69) is 15.2 Å². The Balaban J connectivity index is 2.71. The van der Waals surface area contributed by atoms with Crippen LogP contribution in [0.2, 0.25) is 0 Å². The number of ether oxygens (including phenoxy) is 1. The van der Waals surface area contributed by atoms with E-state index in [-0.39, 0.29) is 28.9 Å². The molecular formula is C26H32N4O4S. The van der Waals surface area contributed by atoms with Crippen molar-refractivity contribution in [3.8, 4) is 18.0 Å². The van der Waals surface area contributed by atoms with Crippen LogP contribution in [0.15, 0.2) is 39.6 Å². The predicted octanol–water partition coefficient (Wildman–Crippen LogP) is 4.62. The summed E-state index contributed by atoms with van der Waals surface area (Å²) in [5, 5.41) is 29.2. The number of nitriles is 2. The predicted molar refractivity (Wildman–Crippen MR) is 134 cm³/mol. The van der Waals surface area contributed by atoms with Crippen LogP contribution in [0.4, 0.5) is 0 Å². The van der Waals surface area contributed by atoms with Gasteiger partial charge < -0.3 is 9.84 Å². The molecule has 9 heteroatoms. The molecule has 0 saturated carbocycles. The molecule has 0 aliphatic carbocycles. The Hall–Kier alpha value is -3.40. The highest BCUT2D eigenvalue weighted by atomic mass is 32.2. The third kappa shape index (κ3) is 6.39. The average molecular weight is 497 g/mol. The van der Waals surface area contributed by atoms with E-state index < -0.39 is 21.4 Å². The minimum absolute atomic E-state index is 0.0116. The lowest BCUT2D eigenvalue weighted by atomic mass is 9.85. The van der Waals surface area contributed by atoms with Gasteiger partial charge in [0.1, 0.15) is 10.6 Å². The van der Waals surface area contributed by atoms with Gasteiger partial charge in [0.2, 0.25) is 0 Å². The van der Waals surface area contributed by atoms with Crippen LogP contribution in [-0.4, -0.2) is 22.3 Å². The minimum Gasteiger partial charge on any atom is -0.495 e. The molecule has 1 amide bonds. The highest BCUT2D eigenvalue weighted by Gasteiger charge is 2.26. The van der Waals surface area contributed by atoms with Gasteiger partial charge in [0.25, 0.3) is 5.91 Å². The van der Waals surface area contributed by atoms with Crippen molar-refractivity contribution in [3.05, 3.63) is 58.1 Å². The molecule has 2 aromatic carbocycles. The van der Waals surface area contributed by atoms with E-state index in [0.717, 1.165) is 16.7 Å². The lowest BCUT2D eigenvalue weighted by Crippen LogP contribution is -2.23. The second-order valence-corrected chi connectivity index (χ2v) is 11.3. The molecule has 0 heterocycles. The number of nitrogens with zero attached hydrogens (tertiary/aromatic N) is 3. The fourth-order valence-corrected chi connectivity index (χ4v) is 5.25. The van der Waals surface area contributed by atoms with Gasteiger partial charge in [-0.15, -0.1) is 4.36 Å². The molecule has 0 bridgehead atoms. The molecule has 2 aromatic rings. The monoisotopic (exact) mass is 496 g/mol. The molecular weight excluding hydrogens is 464 g/mol. The normalized spacial score (nSPS) is 13.0. The Morgan fingerprint density at radius 1 is 1.14 bits per heavy atom. The number of hydrogen-bond acceptors (Lipinski definition) is 6. The zero-order valence-electron chi connectivity index (χ0n) is 21.2. The first-order valence-corrected chi connectivity index (χ1v) is 12.7. The molecule has 0 saturated heterocycles. The van der Waals surface area contributed by atoms with Crippen LogP contribution < -0.4 is 9.46 Å². The Morgan fingerprint density at radius 2 is 1.71 bits per heavy atom. The van der Waals surface area contributed by atoms with Crippen molar-refractivity contribution in [1.29, 1.82) is 10.5 Å². The summed E-state index contributed by atoms with van der Waals surface area (Å²) in [6.07, 6.45) is 1.49. The molecule has 1 unspecified atom stereocenters.